The minimum absolute atomic E-state index is 0.0563. The largest absolute Gasteiger partial charge is 0.337 e. The molecule has 1 amide bonds. The molecule has 0 saturated carbocycles. The van der Waals surface area contributed by atoms with Crippen LogP contribution in [0.4, 0.5) is 0 Å². The molecule has 1 aliphatic heterocycles. The van der Waals surface area contributed by atoms with E-state index in [1.807, 2.05) is 17.0 Å². The summed E-state index contributed by atoms with van der Waals surface area (Å²) in [4.78, 5) is 18.3. The standard InChI is InChI=1S/C13H17BrN2O/c1-2-10-6-8-16(9-7-10)13(17)11-4-3-5-12(14)15-11/h3-5,10H,2,6-9H2,1H3. The lowest BCUT2D eigenvalue weighted by Crippen LogP contribution is -2.38. The van der Waals surface area contributed by atoms with Crippen molar-refractivity contribution in [1.29, 1.82) is 0 Å². The molecule has 0 spiro atoms. The van der Waals surface area contributed by atoms with Gasteiger partial charge in [0.25, 0.3) is 5.91 Å². The summed E-state index contributed by atoms with van der Waals surface area (Å²) in [5, 5.41) is 0. The first-order chi connectivity index (χ1) is 8.20. The maximum Gasteiger partial charge on any atom is 0.272 e. The molecular formula is C13H17BrN2O. The lowest BCUT2D eigenvalue weighted by molar-refractivity contribution is 0.0682. The minimum Gasteiger partial charge on any atom is -0.337 e. The van der Waals surface area contributed by atoms with Gasteiger partial charge in [-0.25, -0.2) is 4.98 Å². The Morgan fingerprint density at radius 2 is 2.18 bits per heavy atom. The quantitative estimate of drug-likeness (QED) is 0.786. The third-order valence-electron chi connectivity index (χ3n) is 3.41. The Labute approximate surface area is 110 Å². The van der Waals surface area contributed by atoms with Crippen LogP contribution in [0.25, 0.3) is 0 Å². The molecule has 0 radical (unpaired) electrons. The monoisotopic (exact) mass is 296 g/mol. The highest BCUT2D eigenvalue weighted by atomic mass is 79.9. The Bertz CT molecular complexity index is 400. The number of carbonyl (C=O) groups is 1. The van der Waals surface area contributed by atoms with Crippen LogP contribution in [-0.2, 0) is 0 Å². The summed E-state index contributed by atoms with van der Waals surface area (Å²) in [5.41, 5.74) is 0.536. The fourth-order valence-electron chi connectivity index (χ4n) is 2.23. The van der Waals surface area contributed by atoms with Crippen molar-refractivity contribution < 1.29 is 4.79 Å². The molecule has 0 unspecified atom stereocenters. The molecule has 1 fully saturated rings. The average molecular weight is 297 g/mol. The molecule has 0 aliphatic carbocycles. The number of hydrogen-bond acceptors (Lipinski definition) is 2. The van der Waals surface area contributed by atoms with Crippen LogP contribution in [0.2, 0.25) is 0 Å². The molecule has 0 bridgehead atoms. The third kappa shape index (κ3) is 3.06. The summed E-state index contributed by atoms with van der Waals surface area (Å²) in [5.74, 6) is 0.843. The second-order valence-corrected chi connectivity index (χ2v) is 5.30. The number of halogens is 1. The first kappa shape index (κ1) is 12.6. The minimum atomic E-state index is 0.0563. The zero-order valence-corrected chi connectivity index (χ0v) is 11.6. The highest BCUT2D eigenvalue weighted by molar-refractivity contribution is 9.10. The third-order valence-corrected chi connectivity index (χ3v) is 3.85. The van der Waals surface area contributed by atoms with Crippen molar-refractivity contribution in [3.8, 4) is 0 Å². The second kappa shape index (κ2) is 5.63. The number of carbonyl (C=O) groups excluding carboxylic acids is 1. The molecule has 1 aliphatic rings. The fraction of sp³-hybridized carbons (Fsp3) is 0.538. The van der Waals surface area contributed by atoms with E-state index >= 15 is 0 Å². The highest BCUT2D eigenvalue weighted by Gasteiger charge is 2.23. The van der Waals surface area contributed by atoms with Crippen LogP contribution in [0, 0.1) is 5.92 Å². The van der Waals surface area contributed by atoms with Gasteiger partial charge in [-0.1, -0.05) is 19.4 Å². The Morgan fingerprint density at radius 1 is 1.47 bits per heavy atom. The average Bonchev–Trinajstić information content (AvgIpc) is 2.38. The van der Waals surface area contributed by atoms with Crippen molar-refractivity contribution in [2.24, 2.45) is 5.92 Å². The zero-order valence-electron chi connectivity index (χ0n) is 10.0. The number of likely N-dealkylation sites (tertiary alicyclic amines) is 1. The molecule has 2 heterocycles. The summed E-state index contributed by atoms with van der Waals surface area (Å²) in [7, 11) is 0. The molecule has 2 rings (SSSR count). The molecule has 1 aromatic rings. The van der Waals surface area contributed by atoms with E-state index in [1.165, 1.54) is 6.42 Å². The number of hydrogen-bond donors (Lipinski definition) is 0. The van der Waals surface area contributed by atoms with Gasteiger partial charge in [0.2, 0.25) is 0 Å². The predicted octanol–water partition coefficient (Wildman–Crippen LogP) is 3.11. The van der Waals surface area contributed by atoms with E-state index in [0.29, 0.717) is 10.3 Å². The molecule has 17 heavy (non-hydrogen) atoms. The van der Waals surface area contributed by atoms with Crippen LogP contribution in [0.1, 0.15) is 36.7 Å². The highest BCUT2D eigenvalue weighted by Crippen LogP contribution is 2.21. The SMILES string of the molecule is CCC1CCN(C(=O)c2cccc(Br)n2)CC1. The molecule has 0 N–H and O–H groups in total. The van der Waals surface area contributed by atoms with Gasteiger partial charge < -0.3 is 4.90 Å². The predicted molar refractivity (Wildman–Crippen MR) is 70.9 cm³/mol. The van der Waals surface area contributed by atoms with E-state index in [-0.39, 0.29) is 5.91 Å². The molecule has 3 nitrogen and oxygen atoms in total. The van der Waals surface area contributed by atoms with E-state index in [2.05, 4.69) is 27.8 Å². The fourth-order valence-corrected chi connectivity index (χ4v) is 2.58. The number of amides is 1. The summed E-state index contributed by atoms with van der Waals surface area (Å²) in [6.45, 7) is 3.95. The molecule has 4 heteroatoms. The number of aromatic nitrogens is 1. The molecular weight excluding hydrogens is 280 g/mol. The van der Waals surface area contributed by atoms with Crippen LogP contribution in [0.15, 0.2) is 22.8 Å². The molecule has 1 saturated heterocycles. The molecule has 0 atom stereocenters. The summed E-state index contributed by atoms with van der Waals surface area (Å²) < 4.78 is 0.715. The number of piperidine rings is 1. The summed E-state index contributed by atoms with van der Waals surface area (Å²) >= 11 is 3.29. The topological polar surface area (TPSA) is 33.2 Å². The van der Waals surface area contributed by atoms with Gasteiger partial charge in [-0.15, -0.1) is 0 Å². The van der Waals surface area contributed by atoms with Crippen molar-refractivity contribution in [3.05, 3.63) is 28.5 Å². The molecule has 0 aromatic carbocycles. The van der Waals surface area contributed by atoms with Gasteiger partial charge in [0, 0.05) is 13.1 Å². The Morgan fingerprint density at radius 3 is 2.76 bits per heavy atom. The van der Waals surface area contributed by atoms with E-state index in [0.717, 1.165) is 31.8 Å². The van der Waals surface area contributed by atoms with Crippen LogP contribution in [0.5, 0.6) is 0 Å². The Hall–Kier alpha value is -0.900. The van der Waals surface area contributed by atoms with Gasteiger partial charge in [-0.05, 0) is 46.8 Å². The number of pyridine rings is 1. The van der Waals surface area contributed by atoms with E-state index < -0.39 is 0 Å². The molecule has 92 valence electrons. The van der Waals surface area contributed by atoms with Crippen molar-refractivity contribution in [1.82, 2.24) is 9.88 Å². The van der Waals surface area contributed by atoms with Crippen molar-refractivity contribution >= 4 is 21.8 Å². The van der Waals surface area contributed by atoms with Crippen LogP contribution < -0.4 is 0 Å². The van der Waals surface area contributed by atoms with Crippen LogP contribution in [0.3, 0.4) is 0 Å². The van der Waals surface area contributed by atoms with Gasteiger partial charge in [0.05, 0.1) is 0 Å². The lowest BCUT2D eigenvalue weighted by atomic mass is 9.94. The van der Waals surface area contributed by atoms with Crippen LogP contribution in [-0.4, -0.2) is 28.9 Å². The Balaban J connectivity index is 2.02. The number of nitrogens with zero attached hydrogens (tertiary/aromatic N) is 2. The summed E-state index contributed by atoms with van der Waals surface area (Å²) in [6, 6.07) is 5.46. The molecule has 1 aromatic heterocycles. The van der Waals surface area contributed by atoms with E-state index in [9.17, 15) is 4.79 Å². The van der Waals surface area contributed by atoms with Gasteiger partial charge in [0.15, 0.2) is 0 Å². The summed E-state index contributed by atoms with van der Waals surface area (Å²) in [6.07, 6.45) is 3.46. The van der Waals surface area contributed by atoms with Gasteiger partial charge in [0.1, 0.15) is 10.3 Å². The van der Waals surface area contributed by atoms with Gasteiger partial charge in [-0.3, -0.25) is 4.79 Å². The maximum absolute atomic E-state index is 12.2. The van der Waals surface area contributed by atoms with Crippen molar-refractivity contribution in [2.75, 3.05) is 13.1 Å². The number of rotatable bonds is 2. The van der Waals surface area contributed by atoms with E-state index in [4.69, 9.17) is 0 Å². The van der Waals surface area contributed by atoms with Gasteiger partial charge >= 0.3 is 0 Å². The van der Waals surface area contributed by atoms with Gasteiger partial charge in [-0.2, -0.15) is 0 Å². The lowest BCUT2D eigenvalue weighted by Gasteiger charge is -2.31. The van der Waals surface area contributed by atoms with Crippen LogP contribution >= 0.6 is 15.9 Å². The van der Waals surface area contributed by atoms with Crippen molar-refractivity contribution in [2.45, 2.75) is 26.2 Å². The maximum atomic E-state index is 12.2. The normalized spacial score (nSPS) is 17.2. The smallest absolute Gasteiger partial charge is 0.272 e. The first-order valence-electron chi connectivity index (χ1n) is 6.12. The second-order valence-electron chi connectivity index (χ2n) is 4.49. The van der Waals surface area contributed by atoms with Crippen molar-refractivity contribution in [3.63, 3.8) is 0 Å². The van der Waals surface area contributed by atoms with E-state index in [1.54, 1.807) is 6.07 Å². The zero-order chi connectivity index (χ0) is 12.3. The first-order valence-corrected chi connectivity index (χ1v) is 6.92. The Kier molecular flexibility index (Phi) is 4.15.